The molecule has 5 nitrogen and oxygen atoms in total. The molecule has 1 aliphatic heterocycles. The van der Waals surface area contributed by atoms with Crippen molar-refractivity contribution < 1.29 is 9.90 Å². The van der Waals surface area contributed by atoms with Crippen LogP contribution in [0, 0.1) is 0 Å². The van der Waals surface area contributed by atoms with Gasteiger partial charge in [0.1, 0.15) is 5.75 Å². The summed E-state index contributed by atoms with van der Waals surface area (Å²) in [4.78, 5) is 14.3. The molecule has 0 radical (unpaired) electrons. The SMILES string of the molecule is CN1CCC(NC(=O)[C@@H](N)Cc2ccc(O)cc2)CC1. The first-order valence-electron chi connectivity index (χ1n) is 7.07. The van der Waals surface area contributed by atoms with Gasteiger partial charge in [-0.2, -0.15) is 0 Å². The van der Waals surface area contributed by atoms with E-state index in [9.17, 15) is 9.90 Å². The standard InChI is InChI=1S/C15H23N3O2/c1-18-8-6-12(7-9-18)17-15(20)14(16)10-11-2-4-13(19)5-3-11/h2-5,12,14,19H,6-10,16H2,1H3,(H,17,20)/t14-/m0/s1. The Kier molecular flexibility index (Phi) is 4.98. The molecule has 4 N–H and O–H groups in total. The van der Waals surface area contributed by atoms with E-state index in [4.69, 9.17) is 5.73 Å². The van der Waals surface area contributed by atoms with Crippen molar-refractivity contribution in [2.75, 3.05) is 20.1 Å². The van der Waals surface area contributed by atoms with Crippen LogP contribution in [0.4, 0.5) is 0 Å². The zero-order chi connectivity index (χ0) is 14.5. The molecule has 0 aliphatic carbocycles. The van der Waals surface area contributed by atoms with Gasteiger partial charge in [-0.15, -0.1) is 0 Å². The smallest absolute Gasteiger partial charge is 0.237 e. The molecule has 20 heavy (non-hydrogen) atoms. The molecule has 1 amide bonds. The van der Waals surface area contributed by atoms with E-state index in [0.29, 0.717) is 6.42 Å². The topological polar surface area (TPSA) is 78.6 Å². The molecule has 1 fully saturated rings. The van der Waals surface area contributed by atoms with Gasteiger partial charge in [0.15, 0.2) is 0 Å². The van der Waals surface area contributed by atoms with Gasteiger partial charge in [-0.1, -0.05) is 12.1 Å². The van der Waals surface area contributed by atoms with Gasteiger partial charge >= 0.3 is 0 Å². The van der Waals surface area contributed by atoms with Crippen molar-refractivity contribution >= 4 is 5.91 Å². The fourth-order valence-electron chi connectivity index (χ4n) is 2.44. The molecule has 110 valence electrons. The maximum Gasteiger partial charge on any atom is 0.237 e. The molecule has 0 bridgehead atoms. The summed E-state index contributed by atoms with van der Waals surface area (Å²) in [5.74, 6) is 0.130. The van der Waals surface area contributed by atoms with Gasteiger partial charge in [0.2, 0.25) is 5.91 Å². The third-order valence-corrected chi connectivity index (χ3v) is 3.79. The van der Waals surface area contributed by atoms with Crippen molar-refractivity contribution in [2.45, 2.75) is 31.3 Å². The largest absolute Gasteiger partial charge is 0.508 e. The van der Waals surface area contributed by atoms with Gasteiger partial charge in [-0.05, 0) is 57.1 Å². The second-order valence-corrected chi connectivity index (χ2v) is 5.56. The van der Waals surface area contributed by atoms with Gasteiger partial charge in [0.25, 0.3) is 0 Å². The van der Waals surface area contributed by atoms with Gasteiger partial charge in [0, 0.05) is 6.04 Å². The fraction of sp³-hybridized carbons (Fsp3) is 0.533. The highest BCUT2D eigenvalue weighted by atomic mass is 16.3. The Morgan fingerprint density at radius 1 is 1.40 bits per heavy atom. The van der Waals surface area contributed by atoms with Gasteiger partial charge in [-0.25, -0.2) is 0 Å². The molecule has 0 unspecified atom stereocenters. The van der Waals surface area contributed by atoms with Crippen LogP contribution in [0.5, 0.6) is 5.75 Å². The molecule has 1 saturated heterocycles. The van der Waals surface area contributed by atoms with Gasteiger partial charge in [0.05, 0.1) is 6.04 Å². The number of phenols is 1. The number of carbonyl (C=O) groups excluding carboxylic acids is 1. The lowest BCUT2D eigenvalue weighted by atomic mass is 10.0. The second kappa shape index (κ2) is 6.72. The maximum atomic E-state index is 12.1. The van der Waals surface area contributed by atoms with E-state index in [1.165, 1.54) is 0 Å². The summed E-state index contributed by atoms with van der Waals surface area (Å²) in [6.45, 7) is 2.02. The summed E-state index contributed by atoms with van der Waals surface area (Å²) >= 11 is 0. The molecule has 5 heteroatoms. The first-order chi connectivity index (χ1) is 9.54. The van der Waals surface area contributed by atoms with Crippen LogP contribution in [0.3, 0.4) is 0 Å². The highest BCUT2D eigenvalue weighted by Gasteiger charge is 2.21. The number of phenolic OH excluding ortho intramolecular Hbond substituents is 1. The second-order valence-electron chi connectivity index (χ2n) is 5.56. The van der Waals surface area contributed by atoms with Crippen molar-refractivity contribution in [1.82, 2.24) is 10.2 Å². The van der Waals surface area contributed by atoms with Crippen LogP contribution < -0.4 is 11.1 Å². The van der Waals surface area contributed by atoms with Gasteiger partial charge < -0.3 is 21.1 Å². The molecular formula is C15H23N3O2. The maximum absolute atomic E-state index is 12.1. The van der Waals surface area contributed by atoms with E-state index in [-0.39, 0.29) is 17.7 Å². The first kappa shape index (κ1) is 14.8. The summed E-state index contributed by atoms with van der Waals surface area (Å²) in [6, 6.07) is 6.49. The molecule has 0 aromatic heterocycles. The average molecular weight is 277 g/mol. The molecule has 1 heterocycles. The van der Waals surface area contributed by atoms with E-state index in [2.05, 4.69) is 17.3 Å². The Morgan fingerprint density at radius 2 is 2.00 bits per heavy atom. The van der Waals surface area contributed by atoms with Crippen LogP contribution in [-0.2, 0) is 11.2 Å². The molecule has 1 aliphatic rings. The van der Waals surface area contributed by atoms with Crippen molar-refractivity contribution in [3.05, 3.63) is 29.8 Å². The lowest BCUT2D eigenvalue weighted by molar-refractivity contribution is -0.123. The highest BCUT2D eigenvalue weighted by molar-refractivity contribution is 5.82. The number of piperidine rings is 1. The number of aromatic hydroxyl groups is 1. The Bertz CT molecular complexity index is 439. The lowest BCUT2D eigenvalue weighted by Gasteiger charge is -2.30. The van der Waals surface area contributed by atoms with Crippen molar-refractivity contribution in [1.29, 1.82) is 0 Å². The van der Waals surface area contributed by atoms with E-state index in [1.807, 2.05) is 0 Å². The third-order valence-electron chi connectivity index (χ3n) is 3.79. The number of benzene rings is 1. The number of rotatable bonds is 4. The highest BCUT2D eigenvalue weighted by Crippen LogP contribution is 2.12. The summed E-state index contributed by atoms with van der Waals surface area (Å²) in [7, 11) is 2.09. The summed E-state index contributed by atoms with van der Waals surface area (Å²) < 4.78 is 0. The molecule has 1 aromatic rings. The Balaban J connectivity index is 1.81. The quantitative estimate of drug-likeness (QED) is 0.747. The zero-order valence-electron chi connectivity index (χ0n) is 11.9. The number of nitrogens with two attached hydrogens (primary N) is 1. The number of hydrogen-bond donors (Lipinski definition) is 3. The first-order valence-corrected chi connectivity index (χ1v) is 7.07. The minimum Gasteiger partial charge on any atom is -0.508 e. The van der Waals surface area contributed by atoms with Crippen LogP contribution in [0.15, 0.2) is 24.3 Å². The molecule has 0 spiro atoms. The minimum atomic E-state index is -0.542. The summed E-state index contributed by atoms with van der Waals surface area (Å²) in [6.07, 6.45) is 2.45. The number of likely N-dealkylation sites (tertiary alicyclic amines) is 1. The molecule has 0 saturated carbocycles. The molecular weight excluding hydrogens is 254 g/mol. The Morgan fingerprint density at radius 3 is 2.60 bits per heavy atom. The van der Waals surface area contributed by atoms with Crippen molar-refractivity contribution in [2.24, 2.45) is 5.73 Å². The van der Waals surface area contributed by atoms with Crippen LogP contribution >= 0.6 is 0 Å². The van der Waals surface area contributed by atoms with Crippen molar-refractivity contribution in [3.63, 3.8) is 0 Å². The summed E-state index contributed by atoms with van der Waals surface area (Å²) in [5.41, 5.74) is 6.90. The number of amides is 1. The Labute approximate surface area is 119 Å². The van der Waals surface area contributed by atoms with E-state index in [1.54, 1.807) is 24.3 Å². The predicted molar refractivity (Wildman–Crippen MR) is 78.4 cm³/mol. The van der Waals surface area contributed by atoms with E-state index < -0.39 is 6.04 Å². The number of hydrogen-bond acceptors (Lipinski definition) is 4. The lowest BCUT2D eigenvalue weighted by Crippen LogP contribution is -2.49. The molecule has 1 atom stereocenters. The van der Waals surface area contributed by atoms with E-state index >= 15 is 0 Å². The van der Waals surface area contributed by atoms with E-state index in [0.717, 1.165) is 31.5 Å². The third kappa shape index (κ3) is 4.21. The van der Waals surface area contributed by atoms with Gasteiger partial charge in [-0.3, -0.25) is 4.79 Å². The van der Waals surface area contributed by atoms with Crippen molar-refractivity contribution in [3.8, 4) is 5.75 Å². The van der Waals surface area contributed by atoms with Crippen LogP contribution in [0.25, 0.3) is 0 Å². The normalized spacial score (nSPS) is 18.7. The number of carbonyl (C=O) groups is 1. The Hall–Kier alpha value is -1.59. The predicted octanol–water partition coefficient (Wildman–Crippen LogP) is 0.472. The summed E-state index contributed by atoms with van der Waals surface area (Å²) in [5, 5.41) is 12.3. The zero-order valence-corrected chi connectivity index (χ0v) is 11.9. The minimum absolute atomic E-state index is 0.0902. The van der Waals surface area contributed by atoms with Crippen LogP contribution in [0.1, 0.15) is 18.4 Å². The number of nitrogens with zero attached hydrogens (tertiary/aromatic N) is 1. The molecule has 1 aromatic carbocycles. The number of nitrogens with one attached hydrogen (secondary N) is 1. The fourth-order valence-corrected chi connectivity index (χ4v) is 2.44. The average Bonchev–Trinajstić information content (AvgIpc) is 2.44. The molecule has 2 rings (SSSR count). The monoisotopic (exact) mass is 277 g/mol. The van der Waals surface area contributed by atoms with Crippen LogP contribution in [-0.4, -0.2) is 48.1 Å². The van der Waals surface area contributed by atoms with Crippen LogP contribution in [0.2, 0.25) is 0 Å².